The van der Waals surface area contributed by atoms with Gasteiger partial charge in [0.15, 0.2) is 5.69 Å². The normalized spacial score (nSPS) is 16.4. The van der Waals surface area contributed by atoms with Crippen molar-refractivity contribution in [2.45, 2.75) is 12.6 Å². The first kappa shape index (κ1) is 22.0. The van der Waals surface area contributed by atoms with Crippen molar-refractivity contribution in [3.63, 3.8) is 0 Å². The van der Waals surface area contributed by atoms with E-state index in [0.717, 1.165) is 19.6 Å². The minimum Gasteiger partial charge on any atom is -0.374 e. The number of aromatic nitrogens is 2. The molecular formula is C27H26N4O3. The lowest BCUT2D eigenvalue weighted by Gasteiger charge is -2.33. The standard InChI is InChI=1S/C27H26N4O3/c32-26(28-17-22-19-30(15-16-34-22)18-20-9-3-1-4-10-20)25-23-13-7-8-14-24(23)27(33)31(29-25)21-11-5-2-6-12-21/h1-14,22H,15-19H2,(H,28,32). The largest absolute Gasteiger partial charge is 0.374 e. The first-order valence-corrected chi connectivity index (χ1v) is 11.4. The zero-order valence-electron chi connectivity index (χ0n) is 18.8. The Balaban J connectivity index is 1.33. The number of amides is 1. The van der Waals surface area contributed by atoms with Gasteiger partial charge in [0.05, 0.1) is 23.8 Å². The Labute approximate surface area is 197 Å². The lowest BCUT2D eigenvalue weighted by Crippen LogP contribution is -2.47. The first-order chi connectivity index (χ1) is 16.7. The zero-order valence-corrected chi connectivity index (χ0v) is 18.8. The maximum Gasteiger partial charge on any atom is 0.279 e. The molecular weight excluding hydrogens is 428 g/mol. The van der Waals surface area contributed by atoms with Gasteiger partial charge in [-0.1, -0.05) is 66.7 Å². The molecule has 0 aliphatic carbocycles. The van der Waals surface area contributed by atoms with E-state index in [9.17, 15) is 9.59 Å². The van der Waals surface area contributed by atoms with Gasteiger partial charge in [-0.3, -0.25) is 14.5 Å². The minimum absolute atomic E-state index is 0.118. The number of morpholine rings is 1. The lowest BCUT2D eigenvalue weighted by atomic mass is 10.1. The Morgan fingerprint density at radius 2 is 1.62 bits per heavy atom. The molecule has 0 radical (unpaired) electrons. The van der Waals surface area contributed by atoms with Crippen molar-refractivity contribution < 1.29 is 9.53 Å². The molecule has 34 heavy (non-hydrogen) atoms. The summed E-state index contributed by atoms with van der Waals surface area (Å²) in [5, 5.41) is 8.41. The molecule has 1 aromatic heterocycles. The summed E-state index contributed by atoms with van der Waals surface area (Å²) in [7, 11) is 0. The van der Waals surface area contributed by atoms with Gasteiger partial charge >= 0.3 is 0 Å². The molecule has 1 N–H and O–H groups in total. The first-order valence-electron chi connectivity index (χ1n) is 11.4. The highest BCUT2D eigenvalue weighted by molar-refractivity contribution is 6.04. The van der Waals surface area contributed by atoms with E-state index in [0.29, 0.717) is 29.6 Å². The van der Waals surface area contributed by atoms with E-state index < -0.39 is 0 Å². The van der Waals surface area contributed by atoms with Crippen molar-refractivity contribution in [2.75, 3.05) is 26.2 Å². The molecule has 2 heterocycles. The SMILES string of the molecule is O=C(NCC1CN(Cc2ccccc2)CCO1)c1nn(-c2ccccc2)c(=O)c2ccccc12. The number of rotatable bonds is 6. The molecule has 4 aromatic rings. The molecule has 172 valence electrons. The Bertz CT molecular complexity index is 1340. The van der Waals surface area contributed by atoms with Crippen LogP contribution in [0.15, 0.2) is 89.7 Å². The van der Waals surface area contributed by atoms with Crippen LogP contribution in [0.3, 0.4) is 0 Å². The van der Waals surface area contributed by atoms with Crippen LogP contribution in [-0.4, -0.2) is 52.9 Å². The summed E-state index contributed by atoms with van der Waals surface area (Å²) in [5.74, 6) is -0.329. The molecule has 7 heteroatoms. The summed E-state index contributed by atoms with van der Waals surface area (Å²) in [4.78, 5) is 28.6. The molecule has 0 spiro atoms. The molecule has 1 atom stereocenters. The minimum atomic E-state index is -0.329. The number of fused-ring (bicyclic) bond motifs is 1. The van der Waals surface area contributed by atoms with Crippen LogP contribution in [0, 0.1) is 0 Å². The van der Waals surface area contributed by atoms with Crippen LogP contribution in [0.4, 0.5) is 0 Å². The number of para-hydroxylation sites is 1. The number of carbonyl (C=O) groups is 1. The van der Waals surface area contributed by atoms with Gasteiger partial charge in [-0.25, -0.2) is 0 Å². The average molecular weight is 455 g/mol. The molecule has 1 saturated heterocycles. The van der Waals surface area contributed by atoms with Crippen molar-refractivity contribution in [3.05, 3.63) is 107 Å². The molecule has 1 fully saturated rings. The third-order valence-electron chi connectivity index (χ3n) is 5.98. The van der Waals surface area contributed by atoms with E-state index >= 15 is 0 Å². The smallest absolute Gasteiger partial charge is 0.279 e. The fraction of sp³-hybridized carbons (Fsp3) is 0.222. The van der Waals surface area contributed by atoms with Crippen molar-refractivity contribution in [3.8, 4) is 5.69 Å². The van der Waals surface area contributed by atoms with Gasteiger partial charge in [0.2, 0.25) is 0 Å². The van der Waals surface area contributed by atoms with Gasteiger partial charge in [0.1, 0.15) is 0 Å². The molecule has 1 unspecified atom stereocenters. The number of hydrogen-bond donors (Lipinski definition) is 1. The number of hydrogen-bond acceptors (Lipinski definition) is 5. The molecule has 1 aliphatic rings. The molecule has 5 rings (SSSR count). The summed E-state index contributed by atoms with van der Waals surface area (Å²) in [6, 6.07) is 26.5. The van der Waals surface area contributed by atoms with E-state index in [4.69, 9.17) is 4.74 Å². The van der Waals surface area contributed by atoms with Gasteiger partial charge in [-0.2, -0.15) is 9.78 Å². The number of ether oxygens (including phenoxy) is 1. The van der Waals surface area contributed by atoms with Gasteiger partial charge < -0.3 is 10.1 Å². The molecule has 7 nitrogen and oxygen atoms in total. The third-order valence-corrected chi connectivity index (χ3v) is 5.98. The molecule has 3 aromatic carbocycles. The maximum atomic E-state index is 13.2. The Morgan fingerprint density at radius 3 is 2.38 bits per heavy atom. The number of nitrogens with zero attached hydrogens (tertiary/aromatic N) is 3. The predicted molar refractivity (Wildman–Crippen MR) is 131 cm³/mol. The van der Waals surface area contributed by atoms with Crippen LogP contribution < -0.4 is 10.9 Å². The van der Waals surface area contributed by atoms with E-state index in [1.54, 1.807) is 36.4 Å². The second-order valence-electron chi connectivity index (χ2n) is 8.37. The molecule has 1 aliphatic heterocycles. The van der Waals surface area contributed by atoms with Crippen molar-refractivity contribution in [1.82, 2.24) is 20.0 Å². The number of benzene rings is 3. The fourth-order valence-electron chi connectivity index (χ4n) is 4.28. The van der Waals surface area contributed by atoms with Crippen LogP contribution in [0.5, 0.6) is 0 Å². The highest BCUT2D eigenvalue weighted by Crippen LogP contribution is 2.16. The second-order valence-corrected chi connectivity index (χ2v) is 8.37. The highest BCUT2D eigenvalue weighted by Gasteiger charge is 2.23. The van der Waals surface area contributed by atoms with Crippen LogP contribution in [0.1, 0.15) is 16.1 Å². The second kappa shape index (κ2) is 9.99. The number of nitrogens with one attached hydrogen (secondary N) is 1. The third kappa shape index (κ3) is 4.76. The van der Waals surface area contributed by atoms with Crippen molar-refractivity contribution >= 4 is 16.7 Å². The highest BCUT2D eigenvalue weighted by atomic mass is 16.5. The Morgan fingerprint density at radius 1 is 0.941 bits per heavy atom. The van der Waals surface area contributed by atoms with E-state index in [2.05, 4.69) is 27.4 Å². The van der Waals surface area contributed by atoms with Gasteiger partial charge in [-0.05, 0) is 23.8 Å². The van der Waals surface area contributed by atoms with Crippen molar-refractivity contribution in [1.29, 1.82) is 0 Å². The Kier molecular flexibility index (Phi) is 6.46. The fourth-order valence-corrected chi connectivity index (χ4v) is 4.28. The van der Waals surface area contributed by atoms with E-state index in [1.165, 1.54) is 10.2 Å². The van der Waals surface area contributed by atoms with Gasteiger partial charge in [0.25, 0.3) is 11.5 Å². The maximum absolute atomic E-state index is 13.2. The topological polar surface area (TPSA) is 76.5 Å². The van der Waals surface area contributed by atoms with Gasteiger partial charge in [-0.15, -0.1) is 0 Å². The summed E-state index contributed by atoms with van der Waals surface area (Å²) < 4.78 is 7.19. The van der Waals surface area contributed by atoms with Crippen LogP contribution in [0.2, 0.25) is 0 Å². The van der Waals surface area contributed by atoms with Crippen molar-refractivity contribution in [2.24, 2.45) is 0 Å². The van der Waals surface area contributed by atoms with E-state index in [-0.39, 0.29) is 23.3 Å². The molecule has 0 saturated carbocycles. The lowest BCUT2D eigenvalue weighted by molar-refractivity contribution is -0.0292. The predicted octanol–water partition coefficient (Wildman–Crippen LogP) is 3.02. The molecule has 1 amide bonds. The zero-order chi connectivity index (χ0) is 23.3. The van der Waals surface area contributed by atoms with Crippen LogP contribution in [-0.2, 0) is 11.3 Å². The summed E-state index contributed by atoms with van der Waals surface area (Å²) >= 11 is 0. The quantitative estimate of drug-likeness (QED) is 0.485. The summed E-state index contributed by atoms with van der Waals surface area (Å²) in [6.07, 6.45) is -0.118. The molecule has 0 bridgehead atoms. The summed E-state index contributed by atoms with van der Waals surface area (Å²) in [5.41, 5.74) is 1.83. The monoisotopic (exact) mass is 454 g/mol. The van der Waals surface area contributed by atoms with Crippen LogP contribution >= 0.6 is 0 Å². The average Bonchev–Trinajstić information content (AvgIpc) is 2.89. The van der Waals surface area contributed by atoms with E-state index in [1.807, 2.05) is 36.4 Å². The van der Waals surface area contributed by atoms with Gasteiger partial charge in [0, 0.05) is 31.6 Å². The summed E-state index contributed by atoms with van der Waals surface area (Å²) in [6.45, 7) is 3.42. The van der Waals surface area contributed by atoms with Crippen LogP contribution in [0.25, 0.3) is 16.5 Å². The Hall–Kier alpha value is -3.81. The number of carbonyl (C=O) groups excluding carboxylic acids is 1.